The van der Waals surface area contributed by atoms with Crippen molar-refractivity contribution in [1.82, 2.24) is 4.98 Å². The fourth-order valence-electron chi connectivity index (χ4n) is 1.55. The lowest BCUT2D eigenvalue weighted by Crippen LogP contribution is -2.29. The van der Waals surface area contributed by atoms with E-state index in [1.165, 1.54) is 0 Å². The number of halogens is 1. The molecule has 1 aromatic heterocycles. The minimum Gasteiger partial charge on any atom is -0.330 e. The van der Waals surface area contributed by atoms with E-state index in [1.54, 1.807) is 6.07 Å². The second-order valence-electron chi connectivity index (χ2n) is 3.97. The maximum atomic E-state index is 11.9. The minimum absolute atomic E-state index is 0.0522. The van der Waals surface area contributed by atoms with E-state index in [0.717, 1.165) is 23.0 Å². The van der Waals surface area contributed by atoms with Crippen LogP contribution in [0.2, 0.25) is 0 Å². The largest absolute Gasteiger partial charge is 0.330 e. The summed E-state index contributed by atoms with van der Waals surface area (Å²) in [7, 11) is 0. The van der Waals surface area contributed by atoms with E-state index in [0.29, 0.717) is 12.4 Å². The van der Waals surface area contributed by atoms with E-state index in [2.05, 4.69) is 26.2 Å². The standard InChI is InChI=1S/C12H18BrN3O/c1-3-4-9(7-14)12(17)16-11-6-5-10(13)8(2)15-11/h5-6,9H,3-4,7,14H2,1-2H3,(H,15,16,17). The highest BCUT2D eigenvalue weighted by atomic mass is 79.9. The molecule has 5 heteroatoms. The first-order valence-electron chi connectivity index (χ1n) is 5.72. The summed E-state index contributed by atoms with van der Waals surface area (Å²) in [5.74, 6) is 0.388. The molecule has 1 atom stereocenters. The molecule has 4 nitrogen and oxygen atoms in total. The van der Waals surface area contributed by atoms with Crippen LogP contribution in [0.25, 0.3) is 0 Å². The Labute approximate surface area is 110 Å². The zero-order chi connectivity index (χ0) is 12.8. The summed E-state index contributed by atoms with van der Waals surface area (Å²) in [4.78, 5) is 16.2. The average Bonchev–Trinajstić information content (AvgIpc) is 2.30. The molecule has 1 heterocycles. The number of aromatic nitrogens is 1. The van der Waals surface area contributed by atoms with Gasteiger partial charge >= 0.3 is 0 Å². The first-order chi connectivity index (χ1) is 8.08. The molecule has 0 fully saturated rings. The van der Waals surface area contributed by atoms with E-state index in [-0.39, 0.29) is 11.8 Å². The molecule has 0 aliphatic carbocycles. The maximum Gasteiger partial charge on any atom is 0.229 e. The van der Waals surface area contributed by atoms with Gasteiger partial charge in [-0.2, -0.15) is 0 Å². The lowest BCUT2D eigenvalue weighted by molar-refractivity contribution is -0.119. The molecule has 1 amide bonds. The summed E-state index contributed by atoms with van der Waals surface area (Å²) in [5.41, 5.74) is 6.43. The molecule has 94 valence electrons. The zero-order valence-corrected chi connectivity index (χ0v) is 11.8. The van der Waals surface area contributed by atoms with Crippen LogP contribution in [0.3, 0.4) is 0 Å². The highest BCUT2D eigenvalue weighted by Crippen LogP contribution is 2.17. The van der Waals surface area contributed by atoms with Crippen LogP contribution in [0.15, 0.2) is 16.6 Å². The topological polar surface area (TPSA) is 68.0 Å². The summed E-state index contributed by atoms with van der Waals surface area (Å²) in [6, 6.07) is 3.64. The van der Waals surface area contributed by atoms with Crippen LogP contribution in [-0.4, -0.2) is 17.4 Å². The normalized spacial score (nSPS) is 12.2. The second kappa shape index (κ2) is 6.71. The molecule has 1 aromatic rings. The van der Waals surface area contributed by atoms with Crippen molar-refractivity contribution >= 4 is 27.7 Å². The van der Waals surface area contributed by atoms with Crippen LogP contribution < -0.4 is 11.1 Å². The Morgan fingerprint density at radius 3 is 2.82 bits per heavy atom. The van der Waals surface area contributed by atoms with E-state index in [4.69, 9.17) is 5.73 Å². The highest BCUT2D eigenvalue weighted by Gasteiger charge is 2.16. The lowest BCUT2D eigenvalue weighted by atomic mass is 10.0. The molecular formula is C12H18BrN3O. The summed E-state index contributed by atoms with van der Waals surface area (Å²) < 4.78 is 0.930. The third-order valence-corrected chi connectivity index (χ3v) is 3.40. The number of amides is 1. The van der Waals surface area contributed by atoms with Gasteiger partial charge in [-0.1, -0.05) is 13.3 Å². The smallest absolute Gasteiger partial charge is 0.229 e. The Morgan fingerprint density at radius 2 is 2.29 bits per heavy atom. The molecule has 0 aliphatic heterocycles. The van der Waals surface area contributed by atoms with Crippen molar-refractivity contribution in [3.05, 3.63) is 22.3 Å². The molecule has 0 saturated heterocycles. The Kier molecular flexibility index (Phi) is 5.58. The van der Waals surface area contributed by atoms with E-state index in [9.17, 15) is 4.79 Å². The van der Waals surface area contributed by atoms with Crippen LogP contribution >= 0.6 is 15.9 Å². The van der Waals surface area contributed by atoms with Crippen LogP contribution in [0.1, 0.15) is 25.5 Å². The van der Waals surface area contributed by atoms with Crippen LogP contribution in [0.5, 0.6) is 0 Å². The van der Waals surface area contributed by atoms with Crippen LogP contribution in [-0.2, 0) is 4.79 Å². The lowest BCUT2D eigenvalue weighted by Gasteiger charge is -2.13. The van der Waals surface area contributed by atoms with Gasteiger partial charge in [-0.15, -0.1) is 0 Å². The van der Waals surface area contributed by atoms with Gasteiger partial charge in [0.15, 0.2) is 0 Å². The zero-order valence-electron chi connectivity index (χ0n) is 10.2. The molecule has 3 N–H and O–H groups in total. The molecule has 0 aromatic carbocycles. The summed E-state index contributed by atoms with van der Waals surface area (Å²) in [6.45, 7) is 4.29. The van der Waals surface area contributed by atoms with Crippen molar-refractivity contribution in [3.8, 4) is 0 Å². The number of nitrogens with two attached hydrogens (primary N) is 1. The van der Waals surface area contributed by atoms with Gasteiger partial charge in [-0.05, 0) is 41.4 Å². The number of carbonyl (C=O) groups is 1. The molecule has 0 radical (unpaired) electrons. The second-order valence-corrected chi connectivity index (χ2v) is 4.83. The first-order valence-corrected chi connectivity index (χ1v) is 6.51. The van der Waals surface area contributed by atoms with Crippen LogP contribution in [0, 0.1) is 12.8 Å². The number of pyridine rings is 1. The van der Waals surface area contributed by atoms with E-state index in [1.807, 2.05) is 19.9 Å². The number of aryl methyl sites for hydroxylation is 1. The monoisotopic (exact) mass is 299 g/mol. The van der Waals surface area contributed by atoms with Crippen molar-refractivity contribution in [1.29, 1.82) is 0 Å². The van der Waals surface area contributed by atoms with E-state index >= 15 is 0 Å². The number of carbonyl (C=O) groups excluding carboxylic acids is 1. The van der Waals surface area contributed by atoms with Crippen LogP contribution in [0.4, 0.5) is 5.82 Å². The summed E-state index contributed by atoms with van der Waals surface area (Å²) >= 11 is 3.37. The predicted octanol–water partition coefficient (Wildman–Crippen LogP) is 2.47. The minimum atomic E-state index is -0.134. The van der Waals surface area contributed by atoms with Crippen molar-refractivity contribution in [2.24, 2.45) is 11.7 Å². The molecule has 1 rings (SSSR count). The summed E-state index contributed by atoms with van der Waals surface area (Å²) in [6.07, 6.45) is 1.75. The van der Waals surface area contributed by atoms with Crippen molar-refractivity contribution in [2.75, 3.05) is 11.9 Å². The number of rotatable bonds is 5. The Morgan fingerprint density at radius 1 is 1.59 bits per heavy atom. The predicted molar refractivity (Wildman–Crippen MR) is 72.8 cm³/mol. The van der Waals surface area contributed by atoms with Gasteiger partial charge in [0.1, 0.15) is 5.82 Å². The maximum absolute atomic E-state index is 11.9. The van der Waals surface area contributed by atoms with E-state index < -0.39 is 0 Å². The van der Waals surface area contributed by atoms with Crippen molar-refractivity contribution in [3.63, 3.8) is 0 Å². The summed E-state index contributed by atoms with van der Waals surface area (Å²) in [5, 5.41) is 2.79. The molecule has 0 aliphatic rings. The Bertz CT molecular complexity index is 395. The van der Waals surface area contributed by atoms with Gasteiger partial charge in [0, 0.05) is 11.0 Å². The van der Waals surface area contributed by atoms with Gasteiger partial charge in [-0.3, -0.25) is 4.79 Å². The van der Waals surface area contributed by atoms with Gasteiger partial charge < -0.3 is 11.1 Å². The SMILES string of the molecule is CCCC(CN)C(=O)Nc1ccc(Br)c(C)n1. The fraction of sp³-hybridized carbons (Fsp3) is 0.500. The van der Waals surface area contributed by atoms with Gasteiger partial charge in [0.2, 0.25) is 5.91 Å². The molecule has 0 bridgehead atoms. The van der Waals surface area contributed by atoms with Crippen molar-refractivity contribution < 1.29 is 4.79 Å². The number of hydrogen-bond donors (Lipinski definition) is 2. The third-order valence-electron chi connectivity index (χ3n) is 2.57. The molecular weight excluding hydrogens is 282 g/mol. The quantitative estimate of drug-likeness (QED) is 0.877. The molecule has 0 saturated carbocycles. The Hall–Kier alpha value is -0.940. The highest BCUT2D eigenvalue weighted by molar-refractivity contribution is 9.10. The Balaban J connectivity index is 2.69. The molecule has 1 unspecified atom stereocenters. The third kappa shape index (κ3) is 4.09. The number of nitrogens with one attached hydrogen (secondary N) is 1. The number of nitrogens with zero attached hydrogens (tertiary/aromatic N) is 1. The van der Waals surface area contributed by atoms with Gasteiger partial charge in [-0.25, -0.2) is 4.98 Å². The van der Waals surface area contributed by atoms with Gasteiger partial charge in [0.25, 0.3) is 0 Å². The number of anilines is 1. The van der Waals surface area contributed by atoms with Gasteiger partial charge in [0.05, 0.1) is 11.6 Å². The van der Waals surface area contributed by atoms with Crippen molar-refractivity contribution in [2.45, 2.75) is 26.7 Å². The average molecular weight is 300 g/mol. The molecule has 17 heavy (non-hydrogen) atoms. The first kappa shape index (κ1) is 14.1. The molecule has 0 spiro atoms. The fourth-order valence-corrected chi connectivity index (χ4v) is 1.77. The number of hydrogen-bond acceptors (Lipinski definition) is 3.